The van der Waals surface area contributed by atoms with Gasteiger partial charge in [-0.15, -0.1) is 0 Å². The number of nitrogens with zero attached hydrogens (tertiary/aromatic N) is 4. The van der Waals surface area contributed by atoms with Gasteiger partial charge in [0.2, 0.25) is 0 Å². The summed E-state index contributed by atoms with van der Waals surface area (Å²) in [5, 5.41) is 0.750. The molecule has 0 bridgehead atoms. The molecular formula is C27H28N4O2. The van der Waals surface area contributed by atoms with Gasteiger partial charge < -0.3 is 4.74 Å². The first-order chi connectivity index (χ1) is 16.1. The number of esters is 1. The van der Waals surface area contributed by atoms with E-state index in [0.29, 0.717) is 12.2 Å². The summed E-state index contributed by atoms with van der Waals surface area (Å²) in [5.41, 5.74) is 5.69. The summed E-state index contributed by atoms with van der Waals surface area (Å²) in [6, 6.07) is 16.6. The van der Waals surface area contributed by atoms with Gasteiger partial charge in [-0.1, -0.05) is 51.5 Å². The van der Waals surface area contributed by atoms with E-state index in [4.69, 9.17) is 14.7 Å². The fourth-order valence-corrected chi connectivity index (χ4v) is 4.33. The summed E-state index contributed by atoms with van der Waals surface area (Å²) in [6.45, 7) is 6.09. The maximum Gasteiger partial charge on any atom is 0.310 e. The minimum Gasteiger partial charge on any atom is -0.424 e. The van der Waals surface area contributed by atoms with Crippen molar-refractivity contribution in [3.05, 3.63) is 66.1 Å². The number of fused-ring (bicyclic) bond motifs is 5. The van der Waals surface area contributed by atoms with Crippen LogP contribution < -0.4 is 4.74 Å². The average molecular weight is 441 g/mol. The molecule has 0 saturated carbocycles. The zero-order chi connectivity index (χ0) is 22.9. The summed E-state index contributed by atoms with van der Waals surface area (Å²) in [6.07, 6.45) is 6.33. The van der Waals surface area contributed by atoms with Crippen molar-refractivity contribution < 1.29 is 9.53 Å². The van der Waals surface area contributed by atoms with Gasteiger partial charge in [-0.25, -0.2) is 9.97 Å². The van der Waals surface area contributed by atoms with Crippen molar-refractivity contribution in [2.24, 2.45) is 0 Å². The van der Waals surface area contributed by atoms with Gasteiger partial charge in [-0.05, 0) is 42.7 Å². The molecule has 0 fully saturated rings. The number of carbonyl (C=O) groups is 1. The quantitative estimate of drug-likeness (QED) is 0.289. The van der Waals surface area contributed by atoms with Gasteiger partial charge in [0.05, 0.1) is 17.2 Å². The van der Waals surface area contributed by atoms with Gasteiger partial charge in [0, 0.05) is 18.5 Å². The summed E-state index contributed by atoms with van der Waals surface area (Å²) in [5.74, 6) is 1.12. The molecule has 6 heteroatoms. The first-order valence-corrected chi connectivity index (χ1v) is 11.8. The van der Waals surface area contributed by atoms with Crippen LogP contribution in [-0.4, -0.2) is 24.9 Å². The highest BCUT2D eigenvalue weighted by Crippen LogP contribution is 2.35. The zero-order valence-corrected chi connectivity index (χ0v) is 19.3. The predicted octanol–water partition coefficient (Wildman–Crippen LogP) is 6.05. The summed E-state index contributed by atoms with van der Waals surface area (Å²) in [7, 11) is 0. The molecule has 0 spiro atoms. The lowest BCUT2D eigenvalue weighted by Crippen LogP contribution is -2.06. The molecule has 0 saturated heterocycles. The Bertz CT molecular complexity index is 1460. The molecule has 0 aliphatic rings. The van der Waals surface area contributed by atoms with Crippen LogP contribution in [-0.2, 0) is 17.6 Å². The Labute approximate surface area is 192 Å². The third-order valence-corrected chi connectivity index (χ3v) is 6.08. The number of ether oxygens (including phenoxy) is 1. The highest BCUT2D eigenvalue weighted by atomic mass is 16.5. The van der Waals surface area contributed by atoms with Crippen LogP contribution >= 0.6 is 0 Å². The number of hydrogen-bond donors (Lipinski definition) is 0. The van der Waals surface area contributed by atoms with Crippen LogP contribution in [0.2, 0.25) is 0 Å². The minimum atomic E-state index is -0.280. The number of rotatable bonds is 7. The van der Waals surface area contributed by atoms with E-state index in [1.54, 1.807) is 6.92 Å². The standard InChI is InChI=1S/C27H28N4O2/c1-4-7-10-18-13-15-19(16-14-18)30-17-22(33-24(32)6-3)25-26(30)29-23(5-2)31-21-12-9-8-11-20(21)28-27(25)31/h8-9,11-17H,4-7,10H2,1-3H3. The molecule has 5 rings (SSSR count). The smallest absolute Gasteiger partial charge is 0.310 e. The van der Waals surface area contributed by atoms with E-state index in [-0.39, 0.29) is 5.97 Å². The molecule has 0 amide bonds. The maximum absolute atomic E-state index is 12.3. The number of hydrogen-bond acceptors (Lipinski definition) is 4. The number of aryl methyl sites for hydroxylation is 2. The SMILES string of the molecule is CCCCc1ccc(-n2cc(OC(=O)CC)c3c2nc(CC)n2c4ccccc4nc32)cc1. The van der Waals surface area contributed by atoms with E-state index in [1.165, 1.54) is 18.4 Å². The lowest BCUT2D eigenvalue weighted by Gasteiger charge is -2.09. The van der Waals surface area contributed by atoms with Crippen LogP contribution in [0.15, 0.2) is 54.7 Å². The third-order valence-electron chi connectivity index (χ3n) is 6.08. The Hall–Kier alpha value is -3.67. The average Bonchev–Trinajstić information content (AvgIpc) is 3.41. The van der Waals surface area contributed by atoms with Crippen LogP contribution in [0.1, 0.15) is 51.4 Å². The summed E-state index contributed by atoms with van der Waals surface area (Å²) in [4.78, 5) is 22.2. The van der Waals surface area contributed by atoms with E-state index in [2.05, 4.69) is 42.5 Å². The molecule has 0 N–H and O–H groups in total. The first kappa shape index (κ1) is 21.2. The van der Waals surface area contributed by atoms with Crippen molar-refractivity contribution >= 4 is 33.7 Å². The number of para-hydroxylation sites is 2. The second-order valence-corrected chi connectivity index (χ2v) is 8.30. The fraction of sp³-hybridized carbons (Fsp3) is 0.296. The van der Waals surface area contributed by atoms with E-state index in [9.17, 15) is 4.79 Å². The minimum absolute atomic E-state index is 0.280. The van der Waals surface area contributed by atoms with Crippen molar-refractivity contribution in [1.82, 2.24) is 18.9 Å². The summed E-state index contributed by atoms with van der Waals surface area (Å²) < 4.78 is 9.87. The molecule has 3 heterocycles. The Morgan fingerprint density at radius 2 is 1.76 bits per heavy atom. The molecule has 0 aliphatic carbocycles. The molecule has 6 nitrogen and oxygen atoms in total. The highest BCUT2D eigenvalue weighted by molar-refractivity contribution is 6.01. The van der Waals surface area contributed by atoms with Crippen LogP contribution in [0.5, 0.6) is 5.75 Å². The van der Waals surface area contributed by atoms with E-state index in [1.807, 2.05) is 35.0 Å². The Morgan fingerprint density at radius 3 is 2.48 bits per heavy atom. The second-order valence-electron chi connectivity index (χ2n) is 8.30. The molecule has 0 atom stereocenters. The van der Waals surface area contributed by atoms with Crippen molar-refractivity contribution in [2.75, 3.05) is 0 Å². The molecular weight excluding hydrogens is 412 g/mol. The Kier molecular flexibility index (Phi) is 5.58. The molecule has 5 aromatic rings. The van der Waals surface area contributed by atoms with Crippen molar-refractivity contribution in [2.45, 2.75) is 52.9 Å². The largest absolute Gasteiger partial charge is 0.424 e. The highest BCUT2D eigenvalue weighted by Gasteiger charge is 2.22. The topological polar surface area (TPSA) is 61.4 Å². The van der Waals surface area contributed by atoms with Gasteiger partial charge in [0.25, 0.3) is 0 Å². The van der Waals surface area contributed by atoms with Crippen LogP contribution in [0.25, 0.3) is 33.4 Å². The third kappa shape index (κ3) is 3.65. The predicted molar refractivity (Wildman–Crippen MR) is 131 cm³/mol. The van der Waals surface area contributed by atoms with E-state index < -0.39 is 0 Å². The zero-order valence-electron chi connectivity index (χ0n) is 19.3. The van der Waals surface area contributed by atoms with Crippen LogP contribution in [0, 0.1) is 0 Å². The molecule has 0 unspecified atom stereocenters. The maximum atomic E-state index is 12.3. The molecule has 3 aromatic heterocycles. The number of benzene rings is 2. The first-order valence-electron chi connectivity index (χ1n) is 11.8. The molecule has 0 radical (unpaired) electrons. The fourth-order valence-electron chi connectivity index (χ4n) is 4.33. The Balaban J connectivity index is 1.78. The number of aromatic nitrogens is 4. The van der Waals surface area contributed by atoms with Gasteiger partial charge >= 0.3 is 5.97 Å². The lowest BCUT2D eigenvalue weighted by molar-refractivity contribution is -0.133. The molecule has 2 aromatic carbocycles. The van der Waals surface area contributed by atoms with Gasteiger partial charge in [-0.2, -0.15) is 0 Å². The molecule has 33 heavy (non-hydrogen) atoms. The number of unbranched alkanes of at least 4 members (excludes halogenated alkanes) is 1. The second kappa shape index (κ2) is 8.70. The summed E-state index contributed by atoms with van der Waals surface area (Å²) >= 11 is 0. The lowest BCUT2D eigenvalue weighted by atomic mass is 10.1. The molecule has 0 aliphatic heterocycles. The normalized spacial score (nSPS) is 11.6. The van der Waals surface area contributed by atoms with Gasteiger partial charge in [0.1, 0.15) is 11.2 Å². The Morgan fingerprint density at radius 1 is 0.970 bits per heavy atom. The van der Waals surface area contributed by atoms with Gasteiger partial charge in [0.15, 0.2) is 17.0 Å². The van der Waals surface area contributed by atoms with Crippen molar-refractivity contribution in [1.29, 1.82) is 0 Å². The van der Waals surface area contributed by atoms with Crippen LogP contribution in [0.4, 0.5) is 0 Å². The van der Waals surface area contributed by atoms with Crippen LogP contribution in [0.3, 0.4) is 0 Å². The van der Waals surface area contributed by atoms with Crippen molar-refractivity contribution in [3.63, 3.8) is 0 Å². The number of carbonyl (C=O) groups excluding carboxylic acids is 1. The monoisotopic (exact) mass is 440 g/mol. The number of imidazole rings is 1. The van der Waals surface area contributed by atoms with Gasteiger partial charge in [-0.3, -0.25) is 13.8 Å². The van der Waals surface area contributed by atoms with E-state index in [0.717, 1.165) is 52.1 Å². The van der Waals surface area contributed by atoms with Crippen molar-refractivity contribution in [3.8, 4) is 11.4 Å². The molecule has 168 valence electrons. The van der Waals surface area contributed by atoms with E-state index >= 15 is 0 Å².